The van der Waals surface area contributed by atoms with Gasteiger partial charge in [-0.1, -0.05) is 34.1 Å². The van der Waals surface area contributed by atoms with Gasteiger partial charge in [-0.05, 0) is 35.9 Å². The van der Waals surface area contributed by atoms with Crippen molar-refractivity contribution in [2.24, 2.45) is 0 Å². The SMILES string of the molecule is O=C(Nc1cccc(Br)c1)N1CCc2nc(Cc3cccc(F)c3)[nH]c(=O)c2C1. The van der Waals surface area contributed by atoms with Crippen LogP contribution < -0.4 is 10.9 Å². The van der Waals surface area contributed by atoms with E-state index in [1.807, 2.05) is 18.2 Å². The highest BCUT2D eigenvalue weighted by Crippen LogP contribution is 2.19. The van der Waals surface area contributed by atoms with Crippen molar-refractivity contribution in [3.63, 3.8) is 0 Å². The zero-order chi connectivity index (χ0) is 20.4. The van der Waals surface area contributed by atoms with Gasteiger partial charge in [0.1, 0.15) is 11.6 Å². The minimum Gasteiger partial charge on any atom is -0.320 e. The number of nitrogens with one attached hydrogen (secondary N) is 2. The van der Waals surface area contributed by atoms with Gasteiger partial charge in [0.25, 0.3) is 5.56 Å². The van der Waals surface area contributed by atoms with Crippen molar-refractivity contribution in [3.8, 4) is 0 Å². The maximum absolute atomic E-state index is 13.4. The molecule has 6 nitrogen and oxygen atoms in total. The lowest BCUT2D eigenvalue weighted by atomic mass is 10.1. The van der Waals surface area contributed by atoms with Gasteiger partial charge in [-0.15, -0.1) is 0 Å². The standard InChI is InChI=1S/C21H18BrFN4O2/c22-14-4-2-6-16(11-14)24-21(29)27-8-7-18-17(12-27)20(28)26-19(25-18)10-13-3-1-5-15(23)9-13/h1-6,9,11H,7-8,10,12H2,(H,24,29)(H,25,26,28). The molecule has 0 unspecified atom stereocenters. The van der Waals surface area contributed by atoms with Crippen LogP contribution in [0.2, 0.25) is 0 Å². The van der Waals surface area contributed by atoms with Crippen molar-refractivity contribution >= 4 is 27.6 Å². The first-order valence-corrected chi connectivity index (χ1v) is 9.94. The Bertz CT molecular complexity index is 1130. The number of aromatic amines is 1. The minimum absolute atomic E-state index is 0.192. The summed E-state index contributed by atoms with van der Waals surface area (Å²) in [5.41, 5.74) is 2.32. The van der Waals surface area contributed by atoms with E-state index in [0.717, 1.165) is 10.0 Å². The number of halogens is 2. The van der Waals surface area contributed by atoms with Gasteiger partial charge in [0.05, 0.1) is 17.8 Å². The molecule has 0 saturated heterocycles. The number of benzene rings is 2. The largest absolute Gasteiger partial charge is 0.322 e. The molecular weight excluding hydrogens is 439 g/mol. The van der Waals surface area contributed by atoms with Gasteiger partial charge < -0.3 is 15.2 Å². The number of fused-ring (bicyclic) bond motifs is 1. The van der Waals surface area contributed by atoms with Gasteiger partial charge in [-0.2, -0.15) is 0 Å². The fraction of sp³-hybridized carbons (Fsp3) is 0.190. The molecule has 0 bridgehead atoms. The zero-order valence-electron chi connectivity index (χ0n) is 15.4. The van der Waals surface area contributed by atoms with Crippen LogP contribution in [0.3, 0.4) is 0 Å². The lowest BCUT2D eigenvalue weighted by Crippen LogP contribution is -2.42. The number of H-pyrrole nitrogens is 1. The van der Waals surface area contributed by atoms with E-state index in [-0.39, 0.29) is 24.0 Å². The third-order valence-corrected chi connectivity index (χ3v) is 5.23. The van der Waals surface area contributed by atoms with Crippen LogP contribution in [0.4, 0.5) is 14.9 Å². The molecule has 1 aromatic heterocycles. The molecular formula is C21H18BrFN4O2. The molecule has 29 heavy (non-hydrogen) atoms. The molecule has 0 radical (unpaired) electrons. The summed E-state index contributed by atoms with van der Waals surface area (Å²) >= 11 is 3.37. The molecule has 0 aliphatic carbocycles. The Kier molecular flexibility index (Phi) is 5.44. The molecule has 2 amide bonds. The number of hydrogen-bond donors (Lipinski definition) is 2. The molecule has 2 aromatic carbocycles. The Morgan fingerprint density at radius 1 is 1.24 bits per heavy atom. The minimum atomic E-state index is -0.324. The molecule has 0 spiro atoms. The second-order valence-electron chi connectivity index (χ2n) is 6.86. The highest BCUT2D eigenvalue weighted by Gasteiger charge is 2.24. The van der Waals surface area contributed by atoms with Crippen LogP contribution in [0.5, 0.6) is 0 Å². The average molecular weight is 457 g/mol. The highest BCUT2D eigenvalue weighted by atomic mass is 79.9. The van der Waals surface area contributed by atoms with Crippen LogP contribution in [-0.2, 0) is 19.4 Å². The molecule has 0 atom stereocenters. The van der Waals surface area contributed by atoms with E-state index in [2.05, 4.69) is 31.2 Å². The van der Waals surface area contributed by atoms with Crippen molar-refractivity contribution in [1.82, 2.24) is 14.9 Å². The molecule has 2 N–H and O–H groups in total. The van der Waals surface area contributed by atoms with Crippen LogP contribution in [0, 0.1) is 5.82 Å². The second kappa shape index (κ2) is 8.16. The van der Waals surface area contributed by atoms with Gasteiger partial charge >= 0.3 is 6.03 Å². The number of anilines is 1. The topological polar surface area (TPSA) is 78.1 Å². The van der Waals surface area contributed by atoms with Crippen LogP contribution in [0.25, 0.3) is 0 Å². The number of amides is 2. The van der Waals surface area contributed by atoms with E-state index in [1.54, 1.807) is 23.1 Å². The van der Waals surface area contributed by atoms with Gasteiger partial charge in [0, 0.05) is 29.5 Å². The Labute approximate surface area is 174 Å². The van der Waals surface area contributed by atoms with Gasteiger partial charge in [0.2, 0.25) is 0 Å². The highest BCUT2D eigenvalue weighted by molar-refractivity contribution is 9.10. The molecule has 3 aromatic rings. The molecule has 1 aliphatic rings. The van der Waals surface area contributed by atoms with Crippen molar-refractivity contribution in [2.45, 2.75) is 19.4 Å². The normalized spacial score (nSPS) is 13.1. The van der Waals surface area contributed by atoms with Crippen molar-refractivity contribution in [3.05, 3.63) is 91.8 Å². The predicted octanol–water partition coefficient (Wildman–Crippen LogP) is 3.85. The Balaban J connectivity index is 1.49. The van der Waals surface area contributed by atoms with E-state index in [0.29, 0.717) is 42.2 Å². The lowest BCUT2D eigenvalue weighted by Gasteiger charge is -2.28. The fourth-order valence-corrected chi connectivity index (χ4v) is 3.74. The van der Waals surface area contributed by atoms with Crippen molar-refractivity contribution in [2.75, 3.05) is 11.9 Å². The summed E-state index contributed by atoms with van der Waals surface area (Å²) in [7, 11) is 0. The first-order chi connectivity index (χ1) is 14.0. The zero-order valence-corrected chi connectivity index (χ0v) is 17.0. The number of carbonyl (C=O) groups is 1. The molecule has 148 valence electrons. The summed E-state index contributed by atoms with van der Waals surface area (Å²) in [6.45, 7) is 0.653. The van der Waals surface area contributed by atoms with Crippen LogP contribution in [0.1, 0.15) is 22.6 Å². The number of aromatic nitrogens is 2. The predicted molar refractivity (Wildman–Crippen MR) is 111 cm³/mol. The number of rotatable bonds is 3. The summed E-state index contributed by atoms with van der Waals surface area (Å²) < 4.78 is 14.2. The smallest absolute Gasteiger partial charge is 0.320 e. The first-order valence-electron chi connectivity index (χ1n) is 9.15. The fourth-order valence-electron chi connectivity index (χ4n) is 3.34. The molecule has 4 rings (SSSR count). The Morgan fingerprint density at radius 3 is 2.86 bits per heavy atom. The van der Waals surface area contributed by atoms with Crippen molar-refractivity contribution in [1.29, 1.82) is 0 Å². The Hall–Kier alpha value is -3.00. The van der Waals surface area contributed by atoms with Crippen molar-refractivity contribution < 1.29 is 9.18 Å². The maximum Gasteiger partial charge on any atom is 0.322 e. The third kappa shape index (κ3) is 4.54. The van der Waals surface area contributed by atoms with E-state index in [1.165, 1.54) is 12.1 Å². The van der Waals surface area contributed by atoms with E-state index >= 15 is 0 Å². The second-order valence-corrected chi connectivity index (χ2v) is 7.77. The van der Waals surface area contributed by atoms with E-state index in [9.17, 15) is 14.0 Å². The number of carbonyl (C=O) groups excluding carboxylic acids is 1. The maximum atomic E-state index is 13.4. The summed E-state index contributed by atoms with van der Waals surface area (Å²) in [6.07, 6.45) is 0.828. The quantitative estimate of drug-likeness (QED) is 0.627. The first kappa shape index (κ1) is 19.3. The average Bonchev–Trinajstić information content (AvgIpc) is 2.68. The summed E-state index contributed by atoms with van der Waals surface area (Å²) in [5, 5.41) is 2.84. The lowest BCUT2D eigenvalue weighted by molar-refractivity contribution is 0.205. The Morgan fingerprint density at radius 2 is 2.07 bits per heavy atom. The molecule has 1 aliphatic heterocycles. The van der Waals surface area contributed by atoms with E-state index < -0.39 is 0 Å². The number of hydrogen-bond acceptors (Lipinski definition) is 3. The van der Waals surface area contributed by atoms with Gasteiger partial charge in [-0.25, -0.2) is 14.2 Å². The number of urea groups is 1. The van der Waals surface area contributed by atoms with Crippen LogP contribution in [0.15, 0.2) is 57.8 Å². The molecule has 2 heterocycles. The third-order valence-electron chi connectivity index (χ3n) is 4.74. The summed E-state index contributed by atoms with van der Waals surface area (Å²) in [4.78, 5) is 34.1. The molecule has 0 fully saturated rings. The monoisotopic (exact) mass is 456 g/mol. The van der Waals surface area contributed by atoms with Crippen LogP contribution >= 0.6 is 15.9 Å². The van der Waals surface area contributed by atoms with Gasteiger partial charge in [-0.3, -0.25) is 4.79 Å². The molecule has 0 saturated carbocycles. The van der Waals surface area contributed by atoms with E-state index in [4.69, 9.17) is 0 Å². The van der Waals surface area contributed by atoms with Gasteiger partial charge in [0.15, 0.2) is 0 Å². The number of nitrogens with zero attached hydrogens (tertiary/aromatic N) is 2. The summed E-state index contributed by atoms with van der Waals surface area (Å²) in [5.74, 6) is 0.168. The van der Waals surface area contributed by atoms with Crippen LogP contribution in [-0.4, -0.2) is 27.4 Å². The summed E-state index contributed by atoms with van der Waals surface area (Å²) in [6, 6.07) is 13.3. The molecule has 8 heteroatoms.